The summed E-state index contributed by atoms with van der Waals surface area (Å²) in [6.07, 6.45) is -1.32. The van der Waals surface area contributed by atoms with Gasteiger partial charge in [-0.15, -0.1) is 0 Å². The Labute approximate surface area is 200 Å². The Kier molecular flexibility index (Phi) is 7.61. The molecular weight excluding hydrogens is 460 g/mol. The maximum absolute atomic E-state index is 12.8. The largest absolute Gasteiger partial charge is 0.476 e. The zero-order valence-electron chi connectivity index (χ0n) is 18.2. The van der Waals surface area contributed by atoms with E-state index in [0.717, 1.165) is 5.56 Å². The minimum absolute atomic E-state index is 0.184. The Hall–Kier alpha value is -4.22. The SMILES string of the molecule is Cc1ccc(Oc2ccc([N+](=O)[O-])c(OC(C)C(=O)C(C#N)C(=O)c3ccccc3)c2)c(Cl)c1. The predicted octanol–water partition coefficient (Wildman–Crippen LogP) is 5.71. The molecule has 3 rings (SSSR count). The van der Waals surface area contributed by atoms with Crippen LogP contribution in [-0.2, 0) is 4.79 Å². The number of Topliss-reactive ketones (excluding diaryl/α,β-unsaturated/α-hetero) is 2. The molecule has 3 aromatic carbocycles. The molecule has 8 nitrogen and oxygen atoms in total. The van der Waals surface area contributed by atoms with Gasteiger partial charge in [0.2, 0.25) is 5.75 Å². The summed E-state index contributed by atoms with van der Waals surface area (Å²) in [5, 5.41) is 21.3. The van der Waals surface area contributed by atoms with E-state index in [-0.39, 0.29) is 17.1 Å². The molecule has 3 aromatic rings. The van der Waals surface area contributed by atoms with E-state index in [1.807, 2.05) is 6.92 Å². The second-order valence-corrected chi connectivity index (χ2v) is 7.78. The number of nitro benzene ring substituents is 1. The lowest BCUT2D eigenvalue weighted by molar-refractivity contribution is -0.386. The highest BCUT2D eigenvalue weighted by Crippen LogP contribution is 2.36. The third-order valence-electron chi connectivity index (χ3n) is 4.88. The molecule has 2 unspecified atom stereocenters. The number of carbonyl (C=O) groups is 2. The number of aryl methyl sites for hydroxylation is 1. The highest BCUT2D eigenvalue weighted by molar-refractivity contribution is 6.32. The van der Waals surface area contributed by atoms with E-state index < -0.39 is 34.2 Å². The minimum atomic E-state index is -1.62. The van der Waals surface area contributed by atoms with E-state index in [9.17, 15) is 25.0 Å². The fourth-order valence-electron chi connectivity index (χ4n) is 3.12. The van der Waals surface area contributed by atoms with Crippen molar-refractivity contribution in [2.24, 2.45) is 5.92 Å². The summed E-state index contributed by atoms with van der Waals surface area (Å²) in [6, 6.07) is 18.5. The molecular formula is C25H19ClN2O6. The number of hydrogen-bond donors (Lipinski definition) is 0. The van der Waals surface area contributed by atoms with Crippen LogP contribution in [0.3, 0.4) is 0 Å². The Morgan fingerprint density at radius 3 is 2.38 bits per heavy atom. The Bertz CT molecular complexity index is 1290. The topological polar surface area (TPSA) is 120 Å². The van der Waals surface area contributed by atoms with Crippen LogP contribution < -0.4 is 9.47 Å². The van der Waals surface area contributed by atoms with Gasteiger partial charge in [-0.2, -0.15) is 5.26 Å². The minimum Gasteiger partial charge on any atom is -0.476 e. The Morgan fingerprint density at radius 1 is 1.06 bits per heavy atom. The van der Waals surface area contributed by atoms with Crippen molar-refractivity contribution in [1.82, 2.24) is 0 Å². The second kappa shape index (κ2) is 10.6. The molecule has 0 saturated carbocycles. The number of carbonyl (C=O) groups excluding carboxylic acids is 2. The molecule has 0 amide bonds. The first-order valence-corrected chi connectivity index (χ1v) is 10.5. The summed E-state index contributed by atoms with van der Waals surface area (Å²) in [5.74, 6) is -2.86. The van der Waals surface area contributed by atoms with Crippen LogP contribution in [0.2, 0.25) is 5.02 Å². The number of ketones is 2. The van der Waals surface area contributed by atoms with Gasteiger partial charge in [-0.3, -0.25) is 19.7 Å². The van der Waals surface area contributed by atoms with E-state index >= 15 is 0 Å². The molecule has 172 valence electrons. The van der Waals surface area contributed by atoms with Crippen LogP contribution in [0.25, 0.3) is 0 Å². The zero-order chi connectivity index (χ0) is 24.8. The van der Waals surface area contributed by atoms with Crippen molar-refractivity contribution in [3.05, 3.63) is 93.0 Å². The molecule has 2 atom stereocenters. The van der Waals surface area contributed by atoms with E-state index in [1.165, 1.54) is 37.3 Å². The van der Waals surface area contributed by atoms with Crippen molar-refractivity contribution in [1.29, 1.82) is 5.26 Å². The fourth-order valence-corrected chi connectivity index (χ4v) is 3.40. The first kappa shape index (κ1) is 24.4. The molecule has 9 heteroatoms. The molecule has 0 N–H and O–H groups in total. The fraction of sp³-hybridized carbons (Fsp3) is 0.160. The van der Waals surface area contributed by atoms with Crippen molar-refractivity contribution in [3.63, 3.8) is 0 Å². The number of ether oxygens (including phenoxy) is 2. The third kappa shape index (κ3) is 5.57. The molecule has 0 spiro atoms. The third-order valence-corrected chi connectivity index (χ3v) is 5.18. The monoisotopic (exact) mass is 478 g/mol. The lowest BCUT2D eigenvalue weighted by Crippen LogP contribution is -2.34. The molecule has 0 fully saturated rings. The molecule has 0 radical (unpaired) electrons. The standard InChI is InChI=1S/C25H19ClN2O6/c1-15-8-11-22(20(26)12-15)34-18-9-10-21(28(31)32)23(13-18)33-16(2)24(29)19(14-27)25(30)17-6-4-3-5-7-17/h3-13,16,19H,1-2H3. The summed E-state index contributed by atoms with van der Waals surface area (Å²) in [5.41, 5.74) is 0.713. The maximum Gasteiger partial charge on any atom is 0.311 e. The predicted molar refractivity (Wildman–Crippen MR) is 124 cm³/mol. The van der Waals surface area contributed by atoms with Crippen LogP contribution >= 0.6 is 11.6 Å². The van der Waals surface area contributed by atoms with Gasteiger partial charge in [0.15, 0.2) is 23.6 Å². The van der Waals surface area contributed by atoms with Gasteiger partial charge in [-0.1, -0.05) is 48.0 Å². The van der Waals surface area contributed by atoms with Gasteiger partial charge in [0.1, 0.15) is 11.5 Å². The van der Waals surface area contributed by atoms with Gasteiger partial charge in [0, 0.05) is 17.7 Å². The Morgan fingerprint density at radius 2 is 1.76 bits per heavy atom. The van der Waals surface area contributed by atoms with Crippen LogP contribution in [0, 0.1) is 34.3 Å². The van der Waals surface area contributed by atoms with Gasteiger partial charge in [-0.25, -0.2) is 0 Å². The molecule has 34 heavy (non-hydrogen) atoms. The van der Waals surface area contributed by atoms with E-state index in [2.05, 4.69) is 0 Å². The lowest BCUT2D eigenvalue weighted by atomic mass is 9.92. The number of halogens is 1. The van der Waals surface area contributed by atoms with Crippen molar-refractivity contribution in [2.75, 3.05) is 0 Å². The van der Waals surface area contributed by atoms with Crippen LogP contribution in [0.5, 0.6) is 17.2 Å². The van der Waals surface area contributed by atoms with E-state index in [1.54, 1.807) is 42.5 Å². The number of hydrogen-bond acceptors (Lipinski definition) is 7. The number of nitriles is 1. The normalized spacial score (nSPS) is 12.2. The average molecular weight is 479 g/mol. The number of rotatable bonds is 9. The lowest BCUT2D eigenvalue weighted by Gasteiger charge is -2.17. The summed E-state index contributed by atoms with van der Waals surface area (Å²) in [4.78, 5) is 36.3. The Balaban J connectivity index is 1.85. The van der Waals surface area contributed by atoms with Crippen LogP contribution in [0.15, 0.2) is 66.7 Å². The second-order valence-electron chi connectivity index (χ2n) is 7.38. The summed E-state index contributed by atoms with van der Waals surface area (Å²) >= 11 is 6.19. The molecule has 0 aliphatic rings. The summed E-state index contributed by atoms with van der Waals surface area (Å²) in [7, 11) is 0. The van der Waals surface area contributed by atoms with Gasteiger partial charge in [0.25, 0.3) is 0 Å². The van der Waals surface area contributed by atoms with Crippen LogP contribution in [0.1, 0.15) is 22.8 Å². The molecule has 0 heterocycles. The van der Waals surface area contributed by atoms with Gasteiger partial charge in [0.05, 0.1) is 16.0 Å². The van der Waals surface area contributed by atoms with Gasteiger partial charge >= 0.3 is 5.69 Å². The van der Waals surface area contributed by atoms with Crippen LogP contribution in [-0.4, -0.2) is 22.6 Å². The summed E-state index contributed by atoms with van der Waals surface area (Å²) in [6.45, 7) is 3.18. The molecule has 0 saturated heterocycles. The van der Waals surface area contributed by atoms with Crippen LogP contribution in [0.4, 0.5) is 5.69 Å². The summed E-state index contributed by atoms with van der Waals surface area (Å²) < 4.78 is 11.3. The first-order valence-electron chi connectivity index (χ1n) is 10.1. The smallest absolute Gasteiger partial charge is 0.311 e. The zero-order valence-corrected chi connectivity index (χ0v) is 19.0. The number of nitrogens with zero attached hydrogens (tertiary/aromatic N) is 2. The quantitative estimate of drug-likeness (QED) is 0.167. The average Bonchev–Trinajstić information content (AvgIpc) is 2.81. The van der Waals surface area contributed by atoms with Crippen molar-refractivity contribution in [2.45, 2.75) is 20.0 Å². The number of nitro groups is 1. The first-order chi connectivity index (χ1) is 16.2. The maximum atomic E-state index is 12.8. The van der Waals surface area contributed by atoms with Gasteiger partial charge < -0.3 is 9.47 Å². The molecule has 0 aliphatic heterocycles. The molecule has 0 aliphatic carbocycles. The highest BCUT2D eigenvalue weighted by atomic mass is 35.5. The van der Waals surface area contributed by atoms with Crippen molar-refractivity contribution >= 4 is 28.9 Å². The highest BCUT2D eigenvalue weighted by Gasteiger charge is 2.33. The molecule has 0 aromatic heterocycles. The van der Waals surface area contributed by atoms with Crippen molar-refractivity contribution < 1.29 is 24.0 Å². The van der Waals surface area contributed by atoms with E-state index in [4.69, 9.17) is 21.1 Å². The van der Waals surface area contributed by atoms with E-state index in [0.29, 0.717) is 10.8 Å². The molecule has 0 bridgehead atoms. The number of benzene rings is 3. The van der Waals surface area contributed by atoms with Crippen molar-refractivity contribution in [3.8, 4) is 23.3 Å². The van der Waals surface area contributed by atoms with Gasteiger partial charge in [-0.05, 0) is 37.6 Å².